The van der Waals surface area contributed by atoms with Crippen molar-refractivity contribution in [2.45, 2.75) is 31.6 Å². The van der Waals surface area contributed by atoms with Crippen molar-refractivity contribution < 1.29 is 17.6 Å². The summed E-state index contributed by atoms with van der Waals surface area (Å²) in [7, 11) is -3.80. The van der Waals surface area contributed by atoms with Gasteiger partial charge in [-0.05, 0) is 62.1 Å². The van der Waals surface area contributed by atoms with Crippen LogP contribution in [0.25, 0.3) is 10.2 Å². The van der Waals surface area contributed by atoms with Gasteiger partial charge in [-0.2, -0.15) is 4.31 Å². The highest BCUT2D eigenvalue weighted by atomic mass is 35.5. The second-order valence-electron chi connectivity index (χ2n) is 7.69. The van der Waals surface area contributed by atoms with E-state index in [0.29, 0.717) is 18.0 Å². The zero-order valence-electron chi connectivity index (χ0n) is 17.0. The number of aromatic nitrogens is 1. The van der Waals surface area contributed by atoms with E-state index in [1.165, 1.54) is 21.7 Å². The Morgan fingerprint density at radius 1 is 1.23 bits per heavy atom. The largest absolute Gasteiger partial charge is 0.302 e. The Morgan fingerprint density at radius 2 is 1.94 bits per heavy atom. The third kappa shape index (κ3) is 4.45. The van der Waals surface area contributed by atoms with Gasteiger partial charge in [0.05, 0.1) is 20.1 Å². The van der Waals surface area contributed by atoms with Gasteiger partial charge in [0, 0.05) is 19.0 Å². The van der Waals surface area contributed by atoms with Crippen LogP contribution in [0.4, 0.5) is 9.52 Å². The Bertz CT molecular complexity index is 1270. The number of nitrogens with one attached hydrogen (secondary N) is 1. The second-order valence-corrected chi connectivity index (χ2v) is 11.1. The predicted octanol–water partition coefficient (Wildman–Crippen LogP) is 4.75. The number of rotatable bonds is 4. The van der Waals surface area contributed by atoms with Crippen LogP contribution in [-0.2, 0) is 14.8 Å². The smallest absolute Gasteiger partial charge is 0.243 e. The Morgan fingerprint density at radius 3 is 2.61 bits per heavy atom. The number of hydrogen-bond donors (Lipinski definition) is 1. The van der Waals surface area contributed by atoms with Crippen LogP contribution in [0.3, 0.4) is 0 Å². The van der Waals surface area contributed by atoms with Crippen molar-refractivity contribution in [3.05, 3.63) is 52.3 Å². The maximum absolute atomic E-state index is 13.4. The minimum atomic E-state index is -3.80. The van der Waals surface area contributed by atoms with E-state index in [9.17, 15) is 17.6 Å². The Labute approximate surface area is 189 Å². The number of hydrogen-bond acceptors (Lipinski definition) is 5. The summed E-state index contributed by atoms with van der Waals surface area (Å²) in [5, 5.41) is 3.19. The van der Waals surface area contributed by atoms with Gasteiger partial charge in [0.2, 0.25) is 15.9 Å². The summed E-state index contributed by atoms with van der Waals surface area (Å²) in [6.45, 7) is 4.42. The number of halogens is 2. The molecule has 0 saturated carbocycles. The number of benzene rings is 2. The number of sulfonamides is 1. The molecule has 0 unspecified atom stereocenters. The van der Waals surface area contributed by atoms with E-state index in [1.54, 1.807) is 0 Å². The Kier molecular flexibility index (Phi) is 6.04. The molecule has 0 atom stereocenters. The van der Waals surface area contributed by atoms with Gasteiger partial charge in [0.25, 0.3) is 0 Å². The molecule has 1 fully saturated rings. The molecule has 164 valence electrons. The molecular weight excluding hydrogens is 461 g/mol. The molecule has 0 aliphatic carbocycles. The van der Waals surface area contributed by atoms with E-state index >= 15 is 0 Å². The van der Waals surface area contributed by atoms with Crippen LogP contribution < -0.4 is 5.32 Å². The zero-order valence-corrected chi connectivity index (χ0v) is 19.4. The highest BCUT2D eigenvalue weighted by molar-refractivity contribution is 7.89. The van der Waals surface area contributed by atoms with Crippen molar-refractivity contribution in [3.63, 3.8) is 0 Å². The molecule has 2 heterocycles. The highest BCUT2D eigenvalue weighted by Crippen LogP contribution is 2.31. The molecule has 1 saturated heterocycles. The van der Waals surface area contributed by atoms with Gasteiger partial charge < -0.3 is 5.32 Å². The summed E-state index contributed by atoms with van der Waals surface area (Å²) in [4.78, 5) is 17.2. The maximum atomic E-state index is 13.4. The van der Waals surface area contributed by atoms with Crippen molar-refractivity contribution in [2.24, 2.45) is 5.92 Å². The number of carbonyl (C=O) groups is 1. The number of carbonyl (C=O) groups excluding carboxylic acids is 1. The molecule has 0 bridgehead atoms. The Balaban J connectivity index is 1.42. The first-order valence-electron chi connectivity index (χ1n) is 9.79. The quantitative estimate of drug-likeness (QED) is 0.583. The fourth-order valence-electron chi connectivity index (χ4n) is 3.78. The molecule has 31 heavy (non-hydrogen) atoms. The molecule has 2 aromatic carbocycles. The summed E-state index contributed by atoms with van der Waals surface area (Å²) in [5.74, 6) is -1.13. The van der Waals surface area contributed by atoms with Crippen LogP contribution in [0.2, 0.25) is 5.02 Å². The van der Waals surface area contributed by atoms with Gasteiger partial charge in [0.1, 0.15) is 5.82 Å². The van der Waals surface area contributed by atoms with Crippen molar-refractivity contribution in [1.82, 2.24) is 9.29 Å². The van der Waals surface area contributed by atoms with Gasteiger partial charge in [-0.25, -0.2) is 17.8 Å². The predicted molar refractivity (Wildman–Crippen MR) is 121 cm³/mol. The molecule has 3 aromatic rings. The number of piperidine rings is 1. The van der Waals surface area contributed by atoms with Gasteiger partial charge >= 0.3 is 0 Å². The molecule has 10 heteroatoms. The average Bonchev–Trinajstić information content (AvgIpc) is 3.12. The molecule has 0 spiro atoms. The first-order valence-corrected chi connectivity index (χ1v) is 12.4. The van der Waals surface area contributed by atoms with Crippen LogP contribution in [-0.4, -0.2) is 36.7 Å². The van der Waals surface area contributed by atoms with Crippen molar-refractivity contribution >= 4 is 54.2 Å². The Hall–Kier alpha value is -2.07. The minimum Gasteiger partial charge on any atom is -0.302 e. The van der Waals surface area contributed by atoms with E-state index < -0.39 is 15.8 Å². The first kappa shape index (κ1) is 22.1. The SMILES string of the molecule is Cc1cc(C)c2nc(NC(=O)C3CCN(S(=O)(=O)c4ccc(F)c(Cl)c4)CC3)sc2c1. The number of fused-ring (bicyclic) bond motifs is 1. The van der Waals surface area contributed by atoms with Crippen molar-refractivity contribution in [3.8, 4) is 0 Å². The van der Waals surface area contributed by atoms with E-state index in [-0.39, 0.29) is 34.8 Å². The van der Waals surface area contributed by atoms with Crippen LogP contribution in [0.1, 0.15) is 24.0 Å². The summed E-state index contributed by atoms with van der Waals surface area (Å²) in [6, 6.07) is 7.45. The summed E-state index contributed by atoms with van der Waals surface area (Å²) < 4.78 is 41.3. The standard InChI is InChI=1S/C21H21ClFN3O3S2/c1-12-9-13(2)19-18(10-12)30-21(24-19)25-20(27)14-5-7-26(8-6-14)31(28,29)15-3-4-17(23)16(22)11-15/h3-4,9-11,14H,5-8H2,1-2H3,(H,24,25,27). The number of anilines is 1. The molecular formula is C21H21ClFN3O3S2. The lowest BCUT2D eigenvalue weighted by Gasteiger charge is -2.30. The maximum Gasteiger partial charge on any atom is 0.243 e. The number of aryl methyl sites for hydroxylation is 2. The monoisotopic (exact) mass is 481 g/mol. The molecule has 1 aliphatic heterocycles. The zero-order chi connectivity index (χ0) is 22.3. The second kappa shape index (κ2) is 8.46. The van der Waals surface area contributed by atoms with Crippen LogP contribution >= 0.6 is 22.9 Å². The normalized spacial score (nSPS) is 16.0. The molecule has 1 N–H and O–H groups in total. The van der Waals surface area contributed by atoms with E-state index in [0.717, 1.165) is 33.5 Å². The molecule has 0 radical (unpaired) electrons. The number of amides is 1. The summed E-state index contributed by atoms with van der Waals surface area (Å²) >= 11 is 7.16. The van der Waals surface area contributed by atoms with Gasteiger partial charge in [-0.1, -0.05) is 29.0 Å². The van der Waals surface area contributed by atoms with E-state index in [2.05, 4.69) is 16.4 Å². The van der Waals surface area contributed by atoms with Crippen LogP contribution in [0.15, 0.2) is 35.2 Å². The minimum absolute atomic E-state index is 0.0538. The third-order valence-electron chi connectivity index (χ3n) is 5.41. The number of thiazole rings is 1. The molecule has 1 amide bonds. The van der Waals surface area contributed by atoms with E-state index in [4.69, 9.17) is 11.6 Å². The van der Waals surface area contributed by atoms with E-state index in [1.807, 2.05) is 19.9 Å². The van der Waals surface area contributed by atoms with Crippen LogP contribution in [0, 0.1) is 25.6 Å². The fraction of sp³-hybridized carbons (Fsp3) is 0.333. The van der Waals surface area contributed by atoms with Crippen molar-refractivity contribution in [2.75, 3.05) is 18.4 Å². The summed E-state index contributed by atoms with van der Waals surface area (Å²) in [5.41, 5.74) is 3.08. The highest BCUT2D eigenvalue weighted by Gasteiger charge is 2.32. The van der Waals surface area contributed by atoms with Crippen molar-refractivity contribution in [1.29, 1.82) is 0 Å². The van der Waals surface area contributed by atoms with Gasteiger partial charge in [-0.3, -0.25) is 4.79 Å². The third-order valence-corrected chi connectivity index (χ3v) is 8.52. The number of nitrogens with zero attached hydrogens (tertiary/aromatic N) is 2. The lowest BCUT2D eigenvalue weighted by Crippen LogP contribution is -2.41. The first-order chi connectivity index (χ1) is 14.6. The fourth-order valence-corrected chi connectivity index (χ4v) is 6.56. The molecule has 1 aliphatic rings. The van der Waals surface area contributed by atoms with Crippen LogP contribution in [0.5, 0.6) is 0 Å². The molecule has 4 rings (SSSR count). The summed E-state index contributed by atoms with van der Waals surface area (Å²) in [6.07, 6.45) is 0.784. The molecule has 1 aromatic heterocycles. The topological polar surface area (TPSA) is 79.4 Å². The lowest BCUT2D eigenvalue weighted by atomic mass is 9.97. The lowest BCUT2D eigenvalue weighted by molar-refractivity contribution is -0.120. The van der Waals surface area contributed by atoms with Gasteiger partial charge in [0.15, 0.2) is 5.13 Å². The molecule has 6 nitrogen and oxygen atoms in total. The van der Waals surface area contributed by atoms with Gasteiger partial charge in [-0.15, -0.1) is 0 Å². The average molecular weight is 482 g/mol.